The van der Waals surface area contributed by atoms with Gasteiger partial charge in [0.15, 0.2) is 0 Å². The Hall–Kier alpha value is -1.20. The summed E-state index contributed by atoms with van der Waals surface area (Å²) < 4.78 is 2.87. The van der Waals surface area contributed by atoms with E-state index in [9.17, 15) is 5.11 Å². The maximum absolute atomic E-state index is 10.1. The van der Waals surface area contributed by atoms with Crippen molar-refractivity contribution in [2.45, 2.75) is 26.0 Å². The molecule has 2 aromatic rings. The lowest BCUT2D eigenvalue weighted by molar-refractivity contribution is 0.167. The summed E-state index contributed by atoms with van der Waals surface area (Å²) in [6.07, 6.45) is 5.10. The summed E-state index contributed by atoms with van der Waals surface area (Å²) in [6.45, 7) is 2.83. The van der Waals surface area contributed by atoms with Crippen LogP contribution < -0.4 is 0 Å². The Morgan fingerprint density at radius 2 is 2.24 bits per heavy atom. The predicted molar refractivity (Wildman–Crippen MR) is 68.5 cm³/mol. The van der Waals surface area contributed by atoms with Crippen LogP contribution in [0.2, 0.25) is 0 Å². The summed E-state index contributed by atoms with van der Waals surface area (Å²) in [7, 11) is 0. The molecule has 5 heteroatoms. The minimum atomic E-state index is -0.564. The van der Waals surface area contributed by atoms with Gasteiger partial charge >= 0.3 is 0 Å². The summed E-state index contributed by atoms with van der Waals surface area (Å²) >= 11 is 3.33. The van der Waals surface area contributed by atoms with Crippen molar-refractivity contribution < 1.29 is 5.11 Å². The van der Waals surface area contributed by atoms with Gasteiger partial charge in [0.25, 0.3) is 0 Å². The maximum atomic E-state index is 10.1. The van der Waals surface area contributed by atoms with Crippen LogP contribution in [-0.4, -0.2) is 19.6 Å². The molecule has 0 aliphatic rings. The number of hydrogen-bond donors (Lipinski definition) is 1. The van der Waals surface area contributed by atoms with Crippen LogP contribution >= 0.6 is 15.9 Å². The fourth-order valence-corrected chi connectivity index (χ4v) is 1.94. The van der Waals surface area contributed by atoms with E-state index in [0.717, 1.165) is 22.4 Å². The highest BCUT2D eigenvalue weighted by molar-refractivity contribution is 9.10. The third-order valence-electron chi connectivity index (χ3n) is 2.62. The molecule has 2 rings (SSSR count). The van der Waals surface area contributed by atoms with Crippen LogP contribution in [0.15, 0.2) is 35.3 Å². The molecule has 0 saturated heterocycles. The number of aryl methyl sites for hydroxylation is 1. The summed E-state index contributed by atoms with van der Waals surface area (Å²) in [5.74, 6) is 0. The van der Waals surface area contributed by atoms with E-state index >= 15 is 0 Å². The average molecular weight is 296 g/mol. The number of aliphatic hydroxyl groups excluding tert-OH is 1. The summed E-state index contributed by atoms with van der Waals surface area (Å²) in [6, 6.07) is 3.83. The van der Waals surface area contributed by atoms with E-state index in [1.807, 2.05) is 23.6 Å². The Morgan fingerprint density at radius 3 is 2.88 bits per heavy atom. The SMILES string of the molecule is CCn1cncc1C(O)Cc1ccc(Br)cn1. The molecule has 0 radical (unpaired) electrons. The van der Waals surface area contributed by atoms with Crippen LogP contribution in [0, 0.1) is 0 Å². The molecule has 0 spiro atoms. The van der Waals surface area contributed by atoms with Crippen molar-refractivity contribution in [1.82, 2.24) is 14.5 Å². The Kier molecular flexibility index (Phi) is 3.91. The van der Waals surface area contributed by atoms with Crippen molar-refractivity contribution >= 4 is 15.9 Å². The Bertz CT molecular complexity index is 481. The second-order valence-corrected chi connectivity index (χ2v) is 4.71. The lowest BCUT2D eigenvalue weighted by Gasteiger charge is -2.12. The van der Waals surface area contributed by atoms with Crippen molar-refractivity contribution in [1.29, 1.82) is 0 Å². The fraction of sp³-hybridized carbons (Fsp3) is 0.333. The zero-order valence-electron chi connectivity index (χ0n) is 9.55. The molecule has 0 amide bonds. The highest BCUT2D eigenvalue weighted by atomic mass is 79.9. The molecule has 17 heavy (non-hydrogen) atoms. The van der Waals surface area contributed by atoms with E-state index in [-0.39, 0.29) is 0 Å². The number of aromatic nitrogens is 3. The second-order valence-electron chi connectivity index (χ2n) is 3.79. The highest BCUT2D eigenvalue weighted by Gasteiger charge is 2.13. The van der Waals surface area contributed by atoms with Gasteiger partial charge in [-0.15, -0.1) is 0 Å². The molecule has 0 bridgehead atoms. The molecule has 0 aliphatic heterocycles. The van der Waals surface area contributed by atoms with Crippen LogP contribution in [0.1, 0.15) is 24.4 Å². The van der Waals surface area contributed by atoms with E-state index < -0.39 is 6.10 Å². The number of rotatable bonds is 4. The molecule has 0 aromatic carbocycles. The fourth-order valence-electron chi connectivity index (χ4n) is 1.70. The van der Waals surface area contributed by atoms with Crippen LogP contribution in [-0.2, 0) is 13.0 Å². The first-order valence-corrected chi connectivity index (χ1v) is 6.28. The highest BCUT2D eigenvalue weighted by Crippen LogP contribution is 2.18. The van der Waals surface area contributed by atoms with Crippen LogP contribution in [0.5, 0.6) is 0 Å². The normalized spacial score (nSPS) is 12.6. The molecular weight excluding hydrogens is 282 g/mol. The topological polar surface area (TPSA) is 50.9 Å². The Morgan fingerprint density at radius 1 is 1.41 bits per heavy atom. The second kappa shape index (κ2) is 5.42. The van der Waals surface area contributed by atoms with Gasteiger partial charge in [0.05, 0.1) is 18.2 Å². The van der Waals surface area contributed by atoms with Crippen molar-refractivity contribution in [3.63, 3.8) is 0 Å². The van der Waals surface area contributed by atoms with Crippen molar-refractivity contribution in [2.24, 2.45) is 0 Å². The van der Waals surface area contributed by atoms with E-state index in [2.05, 4.69) is 25.9 Å². The van der Waals surface area contributed by atoms with Gasteiger partial charge < -0.3 is 9.67 Å². The standard InChI is InChI=1S/C12H14BrN3O/c1-2-16-8-14-7-11(16)12(17)5-10-4-3-9(13)6-15-10/h3-4,6-8,12,17H,2,5H2,1H3. The first-order valence-electron chi connectivity index (χ1n) is 5.49. The number of halogens is 1. The van der Waals surface area contributed by atoms with E-state index in [4.69, 9.17) is 0 Å². The predicted octanol–water partition coefficient (Wildman–Crippen LogP) is 2.34. The average Bonchev–Trinajstić information content (AvgIpc) is 2.80. The first-order chi connectivity index (χ1) is 8.20. The van der Waals surface area contributed by atoms with Gasteiger partial charge in [0, 0.05) is 29.3 Å². The summed E-state index contributed by atoms with van der Waals surface area (Å²) in [5.41, 5.74) is 1.70. The molecule has 1 N–H and O–H groups in total. The van der Waals surface area contributed by atoms with Crippen molar-refractivity contribution in [2.75, 3.05) is 0 Å². The van der Waals surface area contributed by atoms with Crippen molar-refractivity contribution in [3.8, 4) is 0 Å². The zero-order valence-corrected chi connectivity index (χ0v) is 11.1. The molecule has 1 unspecified atom stereocenters. The molecule has 1 atom stereocenters. The third kappa shape index (κ3) is 2.92. The minimum Gasteiger partial charge on any atom is -0.386 e. The van der Waals surface area contributed by atoms with Gasteiger partial charge in [-0.05, 0) is 35.0 Å². The lowest BCUT2D eigenvalue weighted by Crippen LogP contribution is -2.09. The number of aliphatic hydroxyl groups is 1. The number of pyridine rings is 1. The van der Waals surface area contributed by atoms with Gasteiger partial charge in [-0.25, -0.2) is 4.98 Å². The van der Waals surface area contributed by atoms with E-state index in [1.54, 1.807) is 18.7 Å². The number of hydrogen-bond acceptors (Lipinski definition) is 3. The molecule has 0 saturated carbocycles. The number of imidazole rings is 1. The van der Waals surface area contributed by atoms with Crippen LogP contribution in [0.4, 0.5) is 0 Å². The molecule has 0 fully saturated rings. The largest absolute Gasteiger partial charge is 0.386 e. The van der Waals surface area contributed by atoms with Crippen molar-refractivity contribution in [3.05, 3.63) is 46.7 Å². The lowest BCUT2D eigenvalue weighted by atomic mass is 10.1. The Labute approximate surface area is 108 Å². The van der Waals surface area contributed by atoms with Gasteiger partial charge in [-0.3, -0.25) is 4.98 Å². The summed E-state index contributed by atoms with van der Waals surface area (Å²) in [4.78, 5) is 8.29. The molecule has 0 aliphatic carbocycles. The zero-order chi connectivity index (χ0) is 12.3. The minimum absolute atomic E-state index is 0.499. The third-order valence-corrected chi connectivity index (χ3v) is 3.09. The molecular formula is C12H14BrN3O. The molecule has 4 nitrogen and oxygen atoms in total. The number of nitrogens with zero attached hydrogens (tertiary/aromatic N) is 3. The molecule has 2 aromatic heterocycles. The first kappa shape index (κ1) is 12.3. The Balaban J connectivity index is 2.11. The summed E-state index contributed by atoms with van der Waals surface area (Å²) in [5, 5.41) is 10.1. The monoisotopic (exact) mass is 295 g/mol. The molecule has 2 heterocycles. The quantitative estimate of drug-likeness (QED) is 0.942. The van der Waals surface area contributed by atoms with Crippen LogP contribution in [0.3, 0.4) is 0 Å². The maximum Gasteiger partial charge on any atom is 0.101 e. The molecule has 90 valence electrons. The van der Waals surface area contributed by atoms with Crippen LogP contribution in [0.25, 0.3) is 0 Å². The van der Waals surface area contributed by atoms with Gasteiger partial charge in [0.2, 0.25) is 0 Å². The van der Waals surface area contributed by atoms with Gasteiger partial charge in [-0.2, -0.15) is 0 Å². The smallest absolute Gasteiger partial charge is 0.101 e. The van der Waals surface area contributed by atoms with E-state index in [1.165, 1.54) is 0 Å². The van der Waals surface area contributed by atoms with Gasteiger partial charge in [-0.1, -0.05) is 0 Å². The van der Waals surface area contributed by atoms with E-state index in [0.29, 0.717) is 6.42 Å². The van der Waals surface area contributed by atoms with Gasteiger partial charge in [0.1, 0.15) is 6.10 Å².